The maximum atomic E-state index is 13.4. The van der Waals surface area contributed by atoms with Crippen molar-refractivity contribution in [3.63, 3.8) is 0 Å². The molecule has 0 saturated carbocycles. The maximum Gasteiger partial charge on any atom is 0.310 e. The van der Waals surface area contributed by atoms with Gasteiger partial charge in [-0.15, -0.1) is 0 Å². The Morgan fingerprint density at radius 2 is 1.31 bits per heavy atom. The average Bonchev–Trinajstić information content (AvgIpc) is 3.33. The van der Waals surface area contributed by atoms with Crippen LogP contribution in [0.4, 0.5) is 0 Å². The third-order valence-corrected chi connectivity index (χ3v) is 13.7. The summed E-state index contributed by atoms with van der Waals surface area (Å²) in [5, 5.41) is 11.3. The van der Waals surface area contributed by atoms with E-state index in [2.05, 4.69) is 21.3 Å². The fourth-order valence-corrected chi connectivity index (χ4v) is 9.34. The van der Waals surface area contributed by atoms with Crippen LogP contribution in [-0.4, -0.2) is 144 Å². The highest BCUT2D eigenvalue weighted by Crippen LogP contribution is 2.21. The average molecular weight is 1140 g/mol. The first-order valence-corrected chi connectivity index (χ1v) is 29.5. The van der Waals surface area contributed by atoms with E-state index in [1.807, 2.05) is 27.7 Å². The standard InChI is InChI=1S/C57H92N4O15S2/c1-14-17-48(64)47(19-16-15-18-45(63)35-77-33-43(27-41(8)62)54(70)58-38(4)5)60-51(67)36-78-34-44(28-52(68)76-56(9,10)11)55(71)75-31-42-20-22-46(23-21-42)74-32-50(66)59-40(7)30-73-25-24-72-29-39(6)26-49(65)57(12,13)61-53(69)37(2)3/h20-23,37-40,43-44,47H,14-19,24-36H2,1-13H3,(H,58,70)(H,59,66)(H,60,67)(H,61,69)/t39?,40?,43-,44-,47-/m0/s1. The molecule has 21 heteroatoms. The number of benzene rings is 1. The van der Waals surface area contributed by atoms with E-state index in [9.17, 15) is 47.9 Å². The number of unbranched alkanes of at least 4 members (excludes halogenated alkanes) is 1. The Labute approximate surface area is 472 Å². The molecule has 1 aromatic rings. The van der Waals surface area contributed by atoms with Gasteiger partial charge in [0.25, 0.3) is 5.91 Å². The van der Waals surface area contributed by atoms with Crippen molar-refractivity contribution in [2.45, 2.75) is 184 Å². The number of esters is 2. The molecule has 0 aliphatic rings. The summed E-state index contributed by atoms with van der Waals surface area (Å²) in [6.45, 7) is 23.6. The van der Waals surface area contributed by atoms with Gasteiger partial charge in [0.05, 0.1) is 61.2 Å². The molecule has 2 unspecified atom stereocenters. The molecule has 0 spiro atoms. The first-order chi connectivity index (χ1) is 36.5. The molecule has 19 nitrogen and oxygen atoms in total. The van der Waals surface area contributed by atoms with Gasteiger partial charge >= 0.3 is 11.9 Å². The highest BCUT2D eigenvalue weighted by atomic mass is 32.2. The van der Waals surface area contributed by atoms with Gasteiger partial charge in [-0.1, -0.05) is 46.2 Å². The Kier molecular flexibility index (Phi) is 34.6. The fourth-order valence-electron chi connectivity index (χ4n) is 7.37. The quantitative estimate of drug-likeness (QED) is 0.0391. The molecule has 5 atom stereocenters. The first kappa shape index (κ1) is 71.2. The molecule has 0 radical (unpaired) electrons. The van der Waals surface area contributed by atoms with E-state index in [0.717, 1.165) is 11.8 Å². The number of thioether (sulfide) groups is 2. The van der Waals surface area contributed by atoms with Crippen LogP contribution in [0.15, 0.2) is 24.3 Å². The number of nitrogens with one attached hydrogen (secondary N) is 4. The van der Waals surface area contributed by atoms with Crippen molar-refractivity contribution < 1.29 is 71.6 Å². The van der Waals surface area contributed by atoms with E-state index >= 15 is 0 Å². The molecule has 0 heterocycles. The first-order valence-electron chi connectivity index (χ1n) is 27.2. The molecule has 0 aromatic heterocycles. The summed E-state index contributed by atoms with van der Waals surface area (Å²) >= 11 is 2.44. The SMILES string of the molecule is CCCC(=O)[C@H](CCCCC(=O)CSC[C@H](CC(C)=O)C(=O)NC(C)C)NC(=O)CSC[C@H](CC(=O)OC(C)(C)C)C(=O)OCc1ccc(OCC(=O)NC(C)COCCOCC(C)CC(=O)C(C)(C)NC(=O)C(C)C)cc1. The zero-order valence-corrected chi connectivity index (χ0v) is 50.4. The number of ketones is 4. The second-order valence-corrected chi connectivity index (χ2v) is 24.1. The zero-order valence-electron chi connectivity index (χ0n) is 48.7. The number of amides is 4. The van der Waals surface area contributed by atoms with Gasteiger partial charge < -0.3 is 49.7 Å². The van der Waals surface area contributed by atoms with Gasteiger partial charge in [0, 0.05) is 61.8 Å². The summed E-state index contributed by atoms with van der Waals surface area (Å²) in [6.07, 6.45) is 2.56. The molecular formula is C57H92N4O15S2. The Bertz CT molecular complexity index is 2080. The van der Waals surface area contributed by atoms with Crippen LogP contribution in [0.5, 0.6) is 5.75 Å². The number of ether oxygens (including phenoxy) is 5. The van der Waals surface area contributed by atoms with Crippen LogP contribution in [-0.2, 0) is 73.5 Å². The summed E-state index contributed by atoms with van der Waals surface area (Å²) in [6, 6.07) is 5.47. The van der Waals surface area contributed by atoms with Crippen molar-refractivity contribution in [1.82, 2.24) is 21.3 Å². The van der Waals surface area contributed by atoms with Gasteiger partial charge in [-0.3, -0.25) is 43.2 Å². The number of rotatable bonds is 42. The summed E-state index contributed by atoms with van der Waals surface area (Å²) in [5.41, 5.74) is -1.15. The highest BCUT2D eigenvalue weighted by molar-refractivity contribution is 8.00. The third kappa shape index (κ3) is 33.5. The number of carbonyl (C=O) groups is 10. The second kappa shape index (κ2) is 37.9. The zero-order chi connectivity index (χ0) is 59.0. The Morgan fingerprint density at radius 3 is 1.91 bits per heavy atom. The van der Waals surface area contributed by atoms with Crippen LogP contribution in [0.25, 0.3) is 0 Å². The Hall–Kier alpha value is -4.86. The van der Waals surface area contributed by atoms with Gasteiger partial charge in [0.1, 0.15) is 29.5 Å². The van der Waals surface area contributed by atoms with E-state index < -0.39 is 46.9 Å². The molecule has 4 N–H and O–H groups in total. The normalized spacial score (nSPS) is 13.6. The van der Waals surface area contributed by atoms with Crippen LogP contribution in [0, 0.1) is 23.7 Å². The molecule has 1 aromatic carbocycles. The predicted molar refractivity (Wildman–Crippen MR) is 303 cm³/mol. The lowest BCUT2D eigenvalue weighted by molar-refractivity contribution is -0.161. The molecule has 4 amide bonds. The smallest absolute Gasteiger partial charge is 0.310 e. The van der Waals surface area contributed by atoms with E-state index in [1.54, 1.807) is 79.7 Å². The van der Waals surface area contributed by atoms with Crippen molar-refractivity contribution in [2.24, 2.45) is 23.7 Å². The van der Waals surface area contributed by atoms with E-state index in [-0.39, 0.29) is 141 Å². The van der Waals surface area contributed by atoms with Crippen molar-refractivity contribution >= 4 is 82.2 Å². The van der Waals surface area contributed by atoms with Gasteiger partial charge in [-0.25, -0.2) is 0 Å². The van der Waals surface area contributed by atoms with Crippen LogP contribution in [0.2, 0.25) is 0 Å². The van der Waals surface area contributed by atoms with Gasteiger partial charge in [0.2, 0.25) is 17.7 Å². The van der Waals surface area contributed by atoms with Crippen molar-refractivity contribution in [3.8, 4) is 5.75 Å². The topological polar surface area (TPSA) is 265 Å². The fraction of sp³-hybridized carbons (Fsp3) is 0.719. The number of hydrogen-bond donors (Lipinski definition) is 4. The lowest BCUT2D eigenvalue weighted by Crippen LogP contribution is -2.51. The van der Waals surface area contributed by atoms with E-state index in [4.69, 9.17) is 23.7 Å². The van der Waals surface area contributed by atoms with Gasteiger partial charge in [0.15, 0.2) is 18.2 Å². The second-order valence-electron chi connectivity index (χ2n) is 22.1. The third-order valence-electron chi connectivity index (χ3n) is 11.5. The minimum Gasteiger partial charge on any atom is -0.484 e. The van der Waals surface area contributed by atoms with E-state index in [0.29, 0.717) is 56.0 Å². The molecule has 0 aliphatic carbocycles. The number of hydrogen-bond acceptors (Lipinski definition) is 17. The van der Waals surface area contributed by atoms with Crippen molar-refractivity contribution in [3.05, 3.63) is 29.8 Å². The van der Waals surface area contributed by atoms with Crippen LogP contribution in [0.1, 0.15) is 153 Å². The summed E-state index contributed by atoms with van der Waals surface area (Å²) in [7, 11) is 0. The minimum atomic E-state index is -0.966. The lowest BCUT2D eigenvalue weighted by atomic mass is 9.91. The largest absolute Gasteiger partial charge is 0.484 e. The summed E-state index contributed by atoms with van der Waals surface area (Å²) in [4.78, 5) is 127. The molecule has 442 valence electrons. The predicted octanol–water partition coefficient (Wildman–Crippen LogP) is 6.71. The maximum absolute atomic E-state index is 13.4. The lowest BCUT2D eigenvalue weighted by Gasteiger charge is -2.27. The number of carbonyl (C=O) groups excluding carboxylic acids is 10. The molecule has 0 saturated heterocycles. The number of Topliss-reactive ketones (excluding diaryl/α,β-unsaturated/α-hetero) is 4. The van der Waals surface area contributed by atoms with Crippen molar-refractivity contribution in [2.75, 3.05) is 56.0 Å². The monoisotopic (exact) mass is 1140 g/mol. The highest BCUT2D eigenvalue weighted by Gasteiger charge is 2.31. The summed E-state index contributed by atoms with van der Waals surface area (Å²) in [5.74, 6) is -3.59. The molecule has 0 aliphatic heterocycles. The van der Waals surface area contributed by atoms with Crippen LogP contribution >= 0.6 is 23.5 Å². The Balaban J connectivity index is 2.62. The molecule has 1 rings (SSSR count). The van der Waals surface area contributed by atoms with Crippen LogP contribution < -0.4 is 26.0 Å². The van der Waals surface area contributed by atoms with Gasteiger partial charge in [-0.05, 0) is 105 Å². The molecular weight excluding hydrogens is 1040 g/mol. The minimum absolute atomic E-state index is 0.00891. The molecule has 0 bridgehead atoms. The van der Waals surface area contributed by atoms with E-state index in [1.165, 1.54) is 18.7 Å². The molecule has 78 heavy (non-hydrogen) atoms. The van der Waals surface area contributed by atoms with Gasteiger partial charge in [-0.2, -0.15) is 23.5 Å². The van der Waals surface area contributed by atoms with Crippen LogP contribution in [0.3, 0.4) is 0 Å². The Morgan fingerprint density at radius 1 is 0.679 bits per heavy atom. The molecule has 0 fully saturated rings. The summed E-state index contributed by atoms with van der Waals surface area (Å²) < 4.78 is 28.1. The van der Waals surface area contributed by atoms with Crippen molar-refractivity contribution in [1.29, 1.82) is 0 Å².